The fourth-order valence-corrected chi connectivity index (χ4v) is 7.60. The average molecular weight is 572 g/mol. The van der Waals surface area contributed by atoms with Gasteiger partial charge in [-0.1, -0.05) is 26.8 Å². The van der Waals surface area contributed by atoms with Gasteiger partial charge in [-0.15, -0.1) is 0 Å². The summed E-state index contributed by atoms with van der Waals surface area (Å²) in [6, 6.07) is 8.77. The third kappa shape index (κ3) is 5.20. The normalized spacial score (nSPS) is 28.9. The number of aromatic amines is 1. The van der Waals surface area contributed by atoms with Crippen LogP contribution in [0.15, 0.2) is 36.8 Å². The molecule has 224 valence electrons. The number of H-pyrrole nitrogens is 1. The highest BCUT2D eigenvalue weighted by atomic mass is 16.3. The highest BCUT2D eigenvalue weighted by Crippen LogP contribution is 2.47. The van der Waals surface area contributed by atoms with Crippen LogP contribution >= 0.6 is 0 Å². The van der Waals surface area contributed by atoms with E-state index in [2.05, 4.69) is 59.2 Å². The molecular weight excluding hydrogens is 526 g/mol. The number of imidazole rings is 1. The summed E-state index contributed by atoms with van der Waals surface area (Å²) in [6.07, 6.45) is 9.73. The number of anilines is 1. The quantitative estimate of drug-likeness (QED) is 0.199. The van der Waals surface area contributed by atoms with Gasteiger partial charge in [-0.25, -0.2) is 15.0 Å². The van der Waals surface area contributed by atoms with E-state index in [1.165, 1.54) is 44.0 Å². The summed E-state index contributed by atoms with van der Waals surface area (Å²) in [4.78, 5) is 16.9. The van der Waals surface area contributed by atoms with Crippen LogP contribution in [0.1, 0.15) is 76.7 Å². The number of aromatic nitrogens is 5. The van der Waals surface area contributed by atoms with Gasteiger partial charge in [0.25, 0.3) is 0 Å². The number of aliphatic hydroxyl groups is 2. The Kier molecular flexibility index (Phi) is 7.02. The van der Waals surface area contributed by atoms with Gasteiger partial charge in [-0.2, -0.15) is 0 Å². The van der Waals surface area contributed by atoms with E-state index >= 15 is 0 Å². The Balaban J connectivity index is 0.928. The van der Waals surface area contributed by atoms with Crippen LogP contribution in [0, 0.1) is 23.7 Å². The minimum absolute atomic E-state index is 0.00867. The highest BCUT2D eigenvalue weighted by Gasteiger charge is 2.45. The number of nitrogens with two attached hydrogens (primary N) is 1. The third-order valence-corrected chi connectivity index (χ3v) is 10.4. The van der Waals surface area contributed by atoms with Gasteiger partial charge in [0.15, 0.2) is 0 Å². The maximum atomic E-state index is 11.0. The fraction of sp³-hybridized carbons (Fsp3) is 0.606. The van der Waals surface area contributed by atoms with Crippen molar-refractivity contribution in [2.45, 2.75) is 95.4 Å². The molecule has 7 rings (SSSR count). The topological polar surface area (TPSA) is 138 Å². The zero-order valence-corrected chi connectivity index (χ0v) is 25.0. The number of hydrogen-bond donors (Lipinski definition) is 5. The highest BCUT2D eigenvalue weighted by molar-refractivity contribution is 5.86. The van der Waals surface area contributed by atoms with Crippen LogP contribution in [0.2, 0.25) is 0 Å². The summed E-state index contributed by atoms with van der Waals surface area (Å²) in [5.74, 6) is 3.71. The van der Waals surface area contributed by atoms with Crippen molar-refractivity contribution in [1.29, 1.82) is 0 Å². The molecule has 0 saturated heterocycles. The second-order valence-electron chi connectivity index (χ2n) is 14.3. The van der Waals surface area contributed by atoms with Gasteiger partial charge in [0.2, 0.25) is 0 Å². The number of nitrogens with one attached hydrogen (secondary N) is 2. The molecule has 42 heavy (non-hydrogen) atoms. The molecule has 3 saturated carbocycles. The van der Waals surface area contributed by atoms with E-state index < -0.39 is 12.2 Å². The molecule has 4 aromatic rings. The van der Waals surface area contributed by atoms with Crippen molar-refractivity contribution in [3.8, 4) is 0 Å². The van der Waals surface area contributed by atoms with Crippen LogP contribution in [0.4, 0.5) is 5.82 Å². The molecule has 0 aliphatic heterocycles. The van der Waals surface area contributed by atoms with Crippen LogP contribution in [0.25, 0.3) is 22.1 Å². The van der Waals surface area contributed by atoms with Gasteiger partial charge < -0.3 is 30.8 Å². The number of benzene rings is 1. The summed E-state index contributed by atoms with van der Waals surface area (Å²) < 4.78 is 1.96. The molecule has 1 unspecified atom stereocenters. The Hall–Kier alpha value is -3.01. The molecule has 6 N–H and O–H groups in total. The van der Waals surface area contributed by atoms with Crippen LogP contribution < -0.4 is 11.1 Å². The summed E-state index contributed by atoms with van der Waals surface area (Å²) >= 11 is 0. The lowest BCUT2D eigenvalue weighted by Gasteiger charge is -2.42. The molecule has 3 fully saturated rings. The van der Waals surface area contributed by atoms with E-state index in [4.69, 9.17) is 10.7 Å². The molecule has 5 atom stereocenters. The van der Waals surface area contributed by atoms with Crippen molar-refractivity contribution in [1.82, 2.24) is 29.8 Å². The minimum Gasteiger partial charge on any atom is -0.390 e. The molecule has 3 aliphatic rings. The SMILES string of the molecule is CC(C)(C)c1ccc2nc(CCC3CC(C(NC[C@H]4C[C@@H](n5ccc6c(N)ncnc65)[C@H](O)[C@@H]4O)C4CC4)C3)[nH]c2c1. The summed E-state index contributed by atoms with van der Waals surface area (Å²) in [6.45, 7) is 7.46. The largest absolute Gasteiger partial charge is 0.390 e. The molecule has 3 aliphatic carbocycles. The monoisotopic (exact) mass is 571 g/mol. The third-order valence-electron chi connectivity index (χ3n) is 10.4. The molecule has 0 spiro atoms. The second-order valence-corrected chi connectivity index (χ2v) is 14.3. The second kappa shape index (κ2) is 10.6. The van der Waals surface area contributed by atoms with Gasteiger partial charge >= 0.3 is 0 Å². The van der Waals surface area contributed by atoms with Crippen LogP contribution in [-0.2, 0) is 11.8 Å². The first kappa shape index (κ1) is 27.8. The molecule has 0 bridgehead atoms. The standard InChI is InChI=1S/C33H45N7O2/c1-33(2,3)22-7-8-24-25(15-22)39-27(38-24)9-4-18-12-20(13-18)28(19-5-6-19)35-16-21-14-26(30(42)29(21)41)40-11-10-23-31(34)36-17-37-32(23)40/h7-8,10-11,15,17-21,26,28-30,35,41-42H,4-6,9,12-14,16H2,1-3H3,(H,38,39)(H2,34,36,37)/t18?,20?,21-,26-,28?,29-,30+/m1/s1. The van der Waals surface area contributed by atoms with Crippen molar-refractivity contribution in [3.05, 3.63) is 48.2 Å². The maximum absolute atomic E-state index is 11.0. The predicted octanol–water partition coefficient (Wildman–Crippen LogP) is 4.50. The smallest absolute Gasteiger partial charge is 0.145 e. The molecule has 3 heterocycles. The summed E-state index contributed by atoms with van der Waals surface area (Å²) in [5.41, 5.74) is 10.4. The van der Waals surface area contributed by atoms with E-state index in [0.717, 1.165) is 47.0 Å². The average Bonchev–Trinajstić information content (AvgIpc) is 3.44. The van der Waals surface area contributed by atoms with Gasteiger partial charge in [0.1, 0.15) is 29.7 Å². The maximum Gasteiger partial charge on any atom is 0.145 e. The van der Waals surface area contributed by atoms with E-state index in [1.807, 2.05) is 16.8 Å². The Labute approximate surface area is 247 Å². The number of aliphatic hydroxyl groups excluding tert-OH is 2. The molecule has 1 aromatic carbocycles. The molecule has 3 aromatic heterocycles. The van der Waals surface area contributed by atoms with Gasteiger partial charge in [-0.3, -0.25) is 0 Å². The summed E-state index contributed by atoms with van der Waals surface area (Å²) in [7, 11) is 0. The fourth-order valence-electron chi connectivity index (χ4n) is 7.60. The molecule has 0 radical (unpaired) electrons. The van der Waals surface area contributed by atoms with Crippen molar-refractivity contribution in [3.63, 3.8) is 0 Å². The summed E-state index contributed by atoms with van der Waals surface area (Å²) in [5, 5.41) is 26.6. The van der Waals surface area contributed by atoms with Crippen molar-refractivity contribution >= 4 is 27.9 Å². The van der Waals surface area contributed by atoms with Crippen LogP contribution in [-0.4, -0.2) is 59.5 Å². The predicted molar refractivity (Wildman–Crippen MR) is 165 cm³/mol. The Morgan fingerprint density at radius 3 is 2.64 bits per heavy atom. The van der Waals surface area contributed by atoms with E-state index in [9.17, 15) is 10.2 Å². The number of rotatable bonds is 9. The molecule has 9 nitrogen and oxygen atoms in total. The van der Waals surface area contributed by atoms with Crippen molar-refractivity contribution in [2.24, 2.45) is 23.7 Å². The van der Waals surface area contributed by atoms with Crippen molar-refractivity contribution in [2.75, 3.05) is 12.3 Å². The van der Waals surface area contributed by atoms with E-state index in [-0.39, 0.29) is 17.4 Å². The van der Waals surface area contributed by atoms with Crippen LogP contribution in [0.3, 0.4) is 0 Å². The van der Waals surface area contributed by atoms with Gasteiger partial charge in [0.05, 0.1) is 28.6 Å². The number of nitrogen functional groups attached to an aromatic ring is 1. The number of nitrogens with zero attached hydrogens (tertiary/aromatic N) is 4. The Morgan fingerprint density at radius 2 is 1.88 bits per heavy atom. The zero-order chi connectivity index (χ0) is 29.2. The molecule has 0 amide bonds. The lowest BCUT2D eigenvalue weighted by Crippen LogP contribution is -2.47. The van der Waals surface area contributed by atoms with Gasteiger partial charge in [-0.05, 0) is 85.5 Å². The molecular formula is C33H45N7O2. The first-order valence-electron chi connectivity index (χ1n) is 15.8. The van der Waals surface area contributed by atoms with E-state index in [0.29, 0.717) is 29.8 Å². The van der Waals surface area contributed by atoms with Crippen LogP contribution in [0.5, 0.6) is 0 Å². The minimum atomic E-state index is -0.839. The number of aryl methyl sites for hydroxylation is 1. The van der Waals surface area contributed by atoms with Crippen molar-refractivity contribution < 1.29 is 10.2 Å². The lowest BCUT2D eigenvalue weighted by molar-refractivity contribution is 0.00524. The Bertz CT molecular complexity index is 1560. The van der Waals surface area contributed by atoms with Gasteiger partial charge in [0, 0.05) is 31.1 Å². The number of hydrogen-bond acceptors (Lipinski definition) is 7. The zero-order valence-electron chi connectivity index (χ0n) is 25.0. The first-order valence-corrected chi connectivity index (χ1v) is 15.8. The first-order chi connectivity index (χ1) is 20.2. The Morgan fingerprint density at radius 1 is 1.07 bits per heavy atom. The number of fused-ring (bicyclic) bond motifs is 2. The van der Waals surface area contributed by atoms with E-state index in [1.54, 1.807) is 0 Å². The molecule has 9 heteroatoms. The lowest BCUT2D eigenvalue weighted by atomic mass is 9.68.